The van der Waals surface area contributed by atoms with Crippen LogP contribution in [0.4, 0.5) is 4.79 Å². The Kier molecular flexibility index (Phi) is 4.52. The lowest BCUT2D eigenvalue weighted by Gasteiger charge is -2.21. The fourth-order valence-corrected chi connectivity index (χ4v) is 1.30. The molecule has 1 amide bonds. The first kappa shape index (κ1) is 14.3. The number of hydrogen-bond donors (Lipinski definition) is 1. The third-order valence-corrected chi connectivity index (χ3v) is 1.95. The van der Waals surface area contributed by atoms with Crippen molar-refractivity contribution in [2.24, 2.45) is 0 Å². The summed E-state index contributed by atoms with van der Waals surface area (Å²) in [6.45, 7) is 5.25. The van der Waals surface area contributed by atoms with Crippen LogP contribution in [0.2, 0.25) is 0 Å². The van der Waals surface area contributed by atoms with Crippen molar-refractivity contribution in [3.05, 3.63) is 18.2 Å². The zero-order valence-corrected chi connectivity index (χ0v) is 10.7. The molecular formula is C11H16BN3O3. The molecule has 0 spiro atoms. The lowest BCUT2D eigenvalue weighted by Crippen LogP contribution is -2.41. The number of carbonyl (C=O) groups is 2. The fourth-order valence-electron chi connectivity index (χ4n) is 1.30. The van der Waals surface area contributed by atoms with E-state index >= 15 is 0 Å². The smallest absolute Gasteiger partial charge is 0.408 e. The highest BCUT2D eigenvalue weighted by molar-refractivity contribution is 6.06. The van der Waals surface area contributed by atoms with Crippen molar-refractivity contribution in [3.63, 3.8) is 0 Å². The van der Waals surface area contributed by atoms with Crippen LogP contribution in [0.5, 0.6) is 0 Å². The van der Waals surface area contributed by atoms with E-state index in [1.54, 1.807) is 27.0 Å². The summed E-state index contributed by atoms with van der Waals surface area (Å²) in [7, 11) is 5.43. The van der Waals surface area contributed by atoms with Crippen LogP contribution in [0.1, 0.15) is 26.5 Å². The molecule has 0 aliphatic heterocycles. The van der Waals surface area contributed by atoms with Gasteiger partial charge in [-0.25, -0.2) is 9.78 Å². The second-order valence-corrected chi connectivity index (χ2v) is 4.91. The van der Waals surface area contributed by atoms with Gasteiger partial charge in [0.05, 0.1) is 18.1 Å². The molecule has 96 valence electrons. The first-order chi connectivity index (χ1) is 8.30. The van der Waals surface area contributed by atoms with E-state index in [-0.39, 0.29) is 6.42 Å². The Labute approximate surface area is 107 Å². The number of aldehydes is 1. The number of aromatic nitrogens is 2. The van der Waals surface area contributed by atoms with E-state index in [0.717, 1.165) is 0 Å². The monoisotopic (exact) mass is 249 g/mol. The standard InChI is InChI=1S/C11H16BN3O3/c1-11(2,3)18-10(17)14-9(6-16)4-8-5-15(12)7-13-8/h5-7,9H,4H2,1-3H3,(H,14,17). The molecule has 1 atom stereocenters. The highest BCUT2D eigenvalue weighted by Crippen LogP contribution is 2.07. The van der Waals surface area contributed by atoms with Gasteiger partial charge in [-0.05, 0) is 20.8 Å². The first-order valence-corrected chi connectivity index (χ1v) is 5.53. The Bertz CT molecular complexity index is 425. The molecule has 1 heterocycles. The van der Waals surface area contributed by atoms with E-state index in [0.29, 0.717) is 12.0 Å². The number of hydrogen-bond acceptors (Lipinski definition) is 4. The summed E-state index contributed by atoms with van der Waals surface area (Å²) < 4.78 is 6.34. The Balaban J connectivity index is 2.52. The molecule has 6 nitrogen and oxygen atoms in total. The topological polar surface area (TPSA) is 73.2 Å². The largest absolute Gasteiger partial charge is 0.444 e. The summed E-state index contributed by atoms with van der Waals surface area (Å²) in [6.07, 6.45) is 3.27. The molecule has 1 rings (SSSR count). The number of carbonyl (C=O) groups excluding carboxylic acids is 2. The fraction of sp³-hybridized carbons (Fsp3) is 0.545. The van der Waals surface area contributed by atoms with Crippen LogP contribution in [-0.4, -0.2) is 41.5 Å². The highest BCUT2D eigenvalue weighted by Gasteiger charge is 2.19. The number of imidazole rings is 1. The maximum atomic E-state index is 11.5. The van der Waals surface area contributed by atoms with Crippen molar-refractivity contribution < 1.29 is 14.3 Å². The van der Waals surface area contributed by atoms with E-state index in [4.69, 9.17) is 12.7 Å². The van der Waals surface area contributed by atoms with Crippen LogP contribution in [0.3, 0.4) is 0 Å². The lowest BCUT2D eigenvalue weighted by molar-refractivity contribution is -0.109. The second kappa shape index (κ2) is 5.70. The van der Waals surface area contributed by atoms with E-state index in [2.05, 4.69) is 10.3 Å². The minimum absolute atomic E-state index is 0.271. The zero-order valence-electron chi connectivity index (χ0n) is 10.7. The van der Waals surface area contributed by atoms with Gasteiger partial charge in [0.25, 0.3) is 0 Å². The summed E-state index contributed by atoms with van der Waals surface area (Å²) in [5.74, 6) is 0. The number of nitrogens with one attached hydrogen (secondary N) is 1. The second-order valence-electron chi connectivity index (χ2n) is 4.91. The molecule has 1 aromatic rings. The molecule has 2 radical (unpaired) electrons. The maximum absolute atomic E-state index is 11.5. The number of alkyl carbamates (subject to hydrolysis) is 1. The van der Waals surface area contributed by atoms with Crippen LogP contribution in [0, 0.1) is 0 Å². The third-order valence-electron chi connectivity index (χ3n) is 1.95. The Morgan fingerprint density at radius 1 is 1.67 bits per heavy atom. The van der Waals surface area contributed by atoms with E-state index in [1.807, 2.05) is 0 Å². The molecule has 0 saturated heterocycles. The molecule has 0 aliphatic rings. The number of amides is 1. The van der Waals surface area contributed by atoms with Gasteiger partial charge in [0, 0.05) is 12.6 Å². The molecule has 1 N–H and O–H groups in total. The molecular weight excluding hydrogens is 233 g/mol. The van der Waals surface area contributed by atoms with Gasteiger partial charge < -0.3 is 19.3 Å². The molecule has 7 heteroatoms. The van der Waals surface area contributed by atoms with Gasteiger partial charge in [-0.2, -0.15) is 0 Å². The first-order valence-electron chi connectivity index (χ1n) is 5.53. The minimum atomic E-state index is -0.685. The van der Waals surface area contributed by atoms with Crippen molar-refractivity contribution in [2.45, 2.75) is 38.8 Å². The van der Waals surface area contributed by atoms with Crippen LogP contribution in [0.15, 0.2) is 12.5 Å². The summed E-state index contributed by atoms with van der Waals surface area (Å²) in [5, 5.41) is 2.46. The van der Waals surface area contributed by atoms with Gasteiger partial charge in [0.2, 0.25) is 7.98 Å². The minimum Gasteiger partial charge on any atom is -0.444 e. The van der Waals surface area contributed by atoms with Crippen molar-refractivity contribution in [3.8, 4) is 0 Å². The van der Waals surface area contributed by atoms with Crippen LogP contribution >= 0.6 is 0 Å². The van der Waals surface area contributed by atoms with Gasteiger partial charge >= 0.3 is 6.09 Å². The van der Waals surface area contributed by atoms with Crippen LogP contribution in [0.25, 0.3) is 0 Å². The quantitative estimate of drug-likeness (QED) is 0.621. The van der Waals surface area contributed by atoms with E-state index in [1.165, 1.54) is 10.8 Å². The SMILES string of the molecule is [B]n1cnc(CC(C=O)NC(=O)OC(C)(C)C)c1. The third kappa shape index (κ3) is 5.03. The van der Waals surface area contributed by atoms with Crippen molar-refractivity contribution in [1.82, 2.24) is 14.8 Å². The maximum Gasteiger partial charge on any atom is 0.408 e. The van der Waals surface area contributed by atoms with Gasteiger partial charge in [0.1, 0.15) is 11.9 Å². The van der Waals surface area contributed by atoms with Gasteiger partial charge in [0.15, 0.2) is 0 Å². The summed E-state index contributed by atoms with van der Waals surface area (Å²) in [4.78, 5) is 26.3. The molecule has 0 fully saturated rings. The van der Waals surface area contributed by atoms with Gasteiger partial charge in [-0.3, -0.25) is 0 Å². The number of nitrogens with zero attached hydrogens (tertiary/aromatic N) is 2. The molecule has 18 heavy (non-hydrogen) atoms. The predicted molar refractivity (Wildman–Crippen MR) is 66.3 cm³/mol. The molecule has 0 bridgehead atoms. The Morgan fingerprint density at radius 3 is 2.78 bits per heavy atom. The van der Waals surface area contributed by atoms with Gasteiger partial charge in [-0.1, -0.05) is 0 Å². The Morgan fingerprint density at radius 2 is 2.33 bits per heavy atom. The van der Waals surface area contributed by atoms with Crippen molar-refractivity contribution in [2.75, 3.05) is 0 Å². The van der Waals surface area contributed by atoms with Crippen molar-refractivity contribution >= 4 is 20.4 Å². The van der Waals surface area contributed by atoms with Crippen LogP contribution < -0.4 is 5.32 Å². The average molecular weight is 249 g/mol. The molecule has 0 aliphatic carbocycles. The lowest BCUT2D eigenvalue weighted by atomic mass is 10.2. The van der Waals surface area contributed by atoms with Gasteiger partial charge in [-0.15, -0.1) is 0 Å². The summed E-state index contributed by atoms with van der Waals surface area (Å²) in [6, 6.07) is -0.685. The summed E-state index contributed by atoms with van der Waals surface area (Å²) in [5.41, 5.74) is 0.0155. The highest BCUT2D eigenvalue weighted by atomic mass is 16.6. The molecule has 1 aromatic heterocycles. The summed E-state index contributed by atoms with van der Waals surface area (Å²) >= 11 is 0. The number of rotatable bonds is 4. The Hall–Kier alpha value is -1.79. The van der Waals surface area contributed by atoms with Crippen LogP contribution in [-0.2, 0) is 16.0 Å². The van der Waals surface area contributed by atoms with E-state index in [9.17, 15) is 9.59 Å². The molecule has 1 unspecified atom stereocenters. The zero-order chi connectivity index (χ0) is 13.8. The normalized spacial score (nSPS) is 12.8. The van der Waals surface area contributed by atoms with Crippen molar-refractivity contribution in [1.29, 1.82) is 0 Å². The molecule has 0 aromatic carbocycles. The molecule has 0 saturated carbocycles. The number of ether oxygens (including phenoxy) is 1. The van der Waals surface area contributed by atoms with E-state index < -0.39 is 17.7 Å². The average Bonchev–Trinajstić information content (AvgIpc) is 2.60. The predicted octanol–water partition coefficient (Wildman–Crippen LogP) is 0.449.